The average Bonchev–Trinajstić information content (AvgIpc) is 2.04. The molecule has 0 aliphatic heterocycles. The van der Waals surface area contributed by atoms with E-state index < -0.39 is 6.10 Å². The fourth-order valence-corrected chi connectivity index (χ4v) is 1.38. The standard InChI is InChI=1S/C8H11BrN2O/c1-5(12)8(10)6-4-11-3-2-7(6)9/h2-5,8,12H,10H2,1H3/t5-,8-/m0/s1. The highest BCUT2D eigenvalue weighted by Gasteiger charge is 2.14. The van der Waals surface area contributed by atoms with Crippen LogP contribution in [0.1, 0.15) is 18.5 Å². The van der Waals surface area contributed by atoms with Crippen molar-refractivity contribution in [3.8, 4) is 0 Å². The highest BCUT2D eigenvalue weighted by atomic mass is 79.9. The number of rotatable bonds is 2. The third-order valence-corrected chi connectivity index (χ3v) is 2.40. The van der Waals surface area contributed by atoms with Gasteiger partial charge >= 0.3 is 0 Å². The maximum atomic E-state index is 9.23. The van der Waals surface area contributed by atoms with Crippen molar-refractivity contribution in [3.63, 3.8) is 0 Å². The minimum atomic E-state index is -0.564. The molecular formula is C8H11BrN2O. The fourth-order valence-electron chi connectivity index (χ4n) is 0.895. The second kappa shape index (κ2) is 3.98. The monoisotopic (exact) mass is 230 g/mol. The number of hydrogen-bond donors (Lipinski definition) is 2. The van der Waals surface area contributed by atoms with E-state index in [0.29, 0.717) is 0 Å². The van der Waals surface area contributed by atoms with Crippen LogP contribution in [0.5, 0.6) is 0 Å². The first-order valence-corrected chi connectivity index (χ1v) is 4.45. The van der Waals surface area contributed by atoms with E-state index in [1.165, 1.54) is 0 Å². The fraction of sp³-hybridized carbons (Fsp3) is 0.375. The molecule has 0 spiro atoms. The largest absolute Gasteiger partial charge is 0.391 e. The Balaban J connectivity index is 2.94. The lowest BCUT2D eigenvalue weighted by Crippen LogP contribution is -2.23. The molecule has 1 aromatic heterocycles. The second-order valence-electron chi connectivity index (χ2n) is 2.66. The zero-order valence-corrected chi connectivity index (χ0v) is 8.32. The Morgan fingerprint density at radius 1 is 1.67 bits per heavy atom. The predicted octanol–water partition coefficient (Wildman–Crippen LogP) is 1.22. The number of aliphatic hydroxyl groups is 1. The van der Waals surface area contributed by atoms with Gasteiger partial charge in [-0.3, -0.25) is 4.98 Å². The molecule has 3 N–H and O–H groups in total. The van der Waals surface area contributed by atoms with Gasteiger partial charge in [-0.25, -0.2) is 0 Å². The molecule has 1 aromatic rings. The van der Waals surface area contributed by atoms with Crippen molar-refractivity contribution >= 4 is 15.9 Å². The highest BCUT2D eigenvalue weighted by molar-refractivity contribution is 9.10. The summed E-state index contributed by atoms with van der Waals surface area (Å²) in [6.45, 7) is 1.66. The molecule has 1 rings (SSSR count). The van der Waals surface area contributed by atoms with Gasteiger partial charge in [0, 0.05) is 22.4 Å². The summed E-state index contributed by atoms with van der Waals surface area (Å²) in [4.78, 5) is 3.93. The van der Waals surface area contributed by atoms with Crippen LogP contribution in [0, 0.1) is 0 Å². The lowest BCUT2D eigenvalue weighted by Gasteiger charge is -2.15. The molecule has 0 saturated carbocycles. The molecule has 1 heterocycles. The molecule has 2 atom stereocenters. The lowest BCUT2D eigenvalue weighted by molar-refractivity contribution is 0.164. The molecule has 4 heteroatoms. The summed E-state index contributed by atoms with van der Waals surface area (Å²) in [6.07, 6.45) is 2.76. The van der Waals surface area contributed by atoms with E-state index in [1.54, 1.807) is 25.4 Å². The summed E-state index contributed by atoms with van der Waals surface area (Å²) in [5.74, 6) is 0. The SMILES string of the molecule is C[C@H](O)[C@H](N)c1cnccc1Br. The third-order valence-electron chi connectivity index (χ3n) is 1.68. The van der Waals surface area contributed by atoms with Crippen LogP contribution in [-0.4, -0.2) is 16.2 Å². The van der Waals surface area contributed by atoms with Crippen molar-refractivity contribution in [3.05, 3.63) is 28.5 Å². The molecule has 0 amide bonds. The van der Waals surface area contributed by atoms with Gasteiger partial charge in [0.15, 0.2) is 0 Å². The van der Waals surface area contributed by atoms with Gasteiger partial charge in [-0.15, -0.1) is 0 Å². The molecule has 12 heavy (non-hydrogen) atoms. The van der Waals surface area contributed by atoms with Crippen LogP contribution < -0.4 is 5.73 Å². The smallest absolute Gasteiger partial charge is 0.0705 e. The molecular weight excluding hydrogens is 220 g/mol. The molecule has 0 radical (unpaired) electrons. The Morgan fingerprint density at radius 3 is 2.83 bits per heavy atom. The van der Waals surface area contributed by atoms with Crippen LogP contribution in [0.25, 0.3) is 0 Å². The van der Waals surface area contributed by atoms with Crippen LogP contribution in [-0.2, 0) is 0 Å². The molecule has 0 unspecified atom stereocenters. The minimum Gasteiger partial charge on any atom is -0.391 e. The quantitative estimate of drug-likeness (QED) is 0.804. The first kappa shape index (κ1) is 9.64. The predicted molar refractivity (Wildman–Crippen MR) is 50.5 cm³/mol. The van der Waals surface area contributed by atoms with Crippen LogP contribution in [0.2, 0.25) is 0 Å². The first-order valence-electron chi connectivity index (χ1n) is 3.66. The third kappa shape index (κ3) is 2.03. The zero-order chi connectivity index (χ0) is 9.14. The summed E-state index contributed by atoms with van der Waals surface area (Å²) < 4.78 is 0.880. The van der Waals surface area contributed by atoms with Gasteiger partial charge in [-0.1, -0.05) is 15.9 Å². The maximum Gasteiger partial charge on any atom is 0.0705 e. The van der Waals surface area contributed by atoms with E-state index in [9.17, 15) is 5.11 Å². The van der Waals surface area contributed by atoms with Crippen molar-refractivity contribution in [2.24, 2.45) is 5.73 Å². The van der Waals surface area contributed by atoms with Crippen molar-refractivity contribution in [2.75, 3.05) is 0 Å². The molecule has 0 aromatic carbocycles. The Morgan fingerprint density at radius 2 is 2.33 bits per heavy atom. The maximum absolute atomic E-state index is 9.23. The molecule has 3 nitrogen and oxygen atoms in total. The number of aliphatic hydroxyl groups excluding tert-OH is 1. The molecule has 0 bridgehead atoms. The van der Waals surface area contributed by atoms with Crippen molar-refractivity contribution in [1.29, 1.82) is 0 Å². The molecule has 0 aliphatic carbocycles. The molecule has 0 saturated heterocycles. The Labute approximate surface area is 79.7 Å². The minimum absolute atomic E-state index is 0.381. The Kier molecular flexibility index (Phi) is 3.20. The number of aromatic nitrogens is 1. The van der Waals surface area contributed by atoms with E-state index in [-0.39, 0.29) is 6.04 Å². The van der Waals surface area contributed by atoms with Gasteiger partial charge in [0.2, 0.25) is 0 Å². The van der Waals surface area contributed by atoms with Crippen LogP contribution >= 0.6 is 15.9 Å². The van der Waals surface area contributed by atoms with E-state index >= 15 is 0 Å². The second-order valence-corrected chi connectivity index (χ2v) is 3.52. The summed E-state index contributed by atoms with van der Waals surface area (Å²) in [5.41, 5.74) is 6.55. The number of halogens is 1. The molecule has 0 aliphatic rings. The van der Waals surface area contributed by atoms with Gasteiger partial charge in [0.1, 0.15) is 0 Å². The van der Waals surface area contributed by atoms with Crippen molar-refractivity contribution < 1.29 is 5.11 Å². The summed E-state index contributed by atoms with van der Waals surface area (Å²) in [7, 11) is 0. The Hall–Kier alpha value is -0.450. The van der Waals surface area contributed by atoms with E-state index in [2.05, 4.69) is 20.9 Å². The van der Waals surface area contributed by atoms with Gasteiger partial charge in [-0.05, 0) is 13.0 Å². The van der Waals surface area contributed by atoms with Gasteiger partial charge in [0.25, 0.3) is 0 Å². The first-order chi connectivity index (χ1) is 5.63. The highest BCUT2D eigenvalue weighted by Crippen LogP contribution is 2.22. The van der Waals surface area contributed by atoms with Crippen LogP contribution in [0.3, 0.4) is 0 Å². The van der Waals surface area contributed by atoms with E-state index in [0.717, 1.165) is 10.0 Å². The topological polar surface area (TPSA) is 59.1 Å². The number of nitrogens with zero attached hydrogens (tertiary/aromatic N) is 1. The average molecular weight is 231 g/mol. The normalized spacial score (nSPS) is 15.7. The lowest BCUT2D eigenvalue weighted by atomic mass is 10.1. The van der Waals surface area contributed by atoms with Crippen molar-refractivity contribution in [1.82, 2.24) is 4.98 Å². The molecule has 0 fully saturated rings. The van der Waals surface area contributed by atoms with Gasteiger partial charge in [-0.2, -0.15) is 0 Å². The van der Waals surface area contributed by atoms with Crippen molar-refractivity contribution in [2.45, 2.75) is 19.1 Å². The van der Waals surface area contributed by atoms with Crippen LogP contribution in [0.15, 0.2) is 22.9 Å². The van der Waals surface area contributed by atoms with E-state index in [4.69, 9.17) is 5.73 Å². The number of nitrogens with two attached hydrogens (primary N) is 1. The van der Waals surface area contributed by atoms with Gasteiger partial charge in [0.05, 0.1) is 12.1 Å². The number of hydrogen-bond acceptors (Lipinski definition) is 3. The summed E-state index contributed by atoms with van der Waals surface area (Å²) >= 11 is 3.33. The van der Waals surface area contributed by atoms with E-state index in [1.807, 2.05) is 0 Å². The molecule has 66 valence electrons. The van der Waals surface area contributed by atoms with Gasteiger partial charge < -0.3 is 10.8 Å². The van der Waals surface area contributed by atoms with Crippen LogP contribution in [0.4, 0.5) is 0 Å². The zero-order valence-electron chi connectivity index (χ0n) is 6.74. The number of pyridine rings is 1. The Bertz CT molecular complexity index is 265. The summed E-state index contributed by atoms with van der Waals surface area (Å²) in [5, 5.41) is 9.23. The summed E-state index contributed by atoms with van der Waals surface area (Å²) in [6, 6.07) is 1.42.